The first-order valence-corrected chi connectivity index (χ1v) is 4.79. The first kappa shape index (κ1) is 9.00. The third kappa shape index (κ3) is 1.23. The van der Waals surface area contributed by atoms with Gasteiger partial charge in [0.2, 0.25) is 0 Å². The topological polar surface area (TPSA) is 22.0 Å². The van der Waals surface area contributed by atoms with Crippen LogP contribution in [-0.4, -0.2) is 10.9 Å². The Kier molecular flexibility index (Phi) is 2.12. The molecule has 0 N–H and O–H groups in total. The molecule has 0 aliphatic heterocycles. The summed E-state index contributed by atoms with van der Waals surface area (Å²) in [5.74, 6) is 0. The van der Waals surface area contributed by atoms with Crippen LogP contribution in [0, 0.1) is 0 Å². The van der Waals surface area contributed by atoms with Crippen molar-refractivity contribution in [2.24, 2.45) is 0 Å². The van der Waals surface area contributed by atoms with Crippen molar-refractivity contribution in [3.8, 4) is 0 Å². The van der Waals surface area contributed by atoms with Gasteiger partial charge in [0.1, 0.15) is 0 Å². The van der Waals surface area contributed by atoms with Crippen LogP contribution in [0.4, 0.5) is 0 Å². The summed E-state index contributed by atoms with van der Waals surface area (Å²) in [6, 6.07) is 10.3. The maximum Gasteiger partial charge on any atom is 0.166 e. The zero-order valence-corrected chi connectivity index (χ0v) is 8.40. The van der Waals surface area contributed by atoms with Crippen LogP contribution in [0.1, 0.15) is 30.4 Å². The van der Waals surface area contributed by atoms with Crippen LogP contribution in [0.3, 0.4) is 0 Å². The molecule has 0 unspecified atom stereocenters. The molecule has 72 valence electrons. The van der Waals surface area contributed by atoms with Crippen molar-refractivity contribution in [2.45, 2.75) is 19.9 Å². The van der Waals surface area contributed by atoms with E-state index in [9.17, 15) is 4.79 Å². The number of hydrogen-bond donors (Lipinski definition) is 0. The van der Waals surface area contributed by atoms with Gasteiger partial charge in [-0.25, -0.2) is 0 Å². The fourth-order valence-electron chi connectivity index (χ4n) is 1.86. The molecule has 1 aromatic heterocycles. The second-order valence-corrected chi connectivity index (χ2v) is 3.71. The highest BCUT2D eigenvalue weighted by Gasteiger charge is 2.09. The summed E-state index contributed by atoms with van der Waals surface area (Å²) >= 11 is 0. The van der Waals surface area contributed by atoms with Gasteiger partial charge < -0.3 is 4.57 Å². The van der Waals surface area contributed by atoms with Gasteiger partial charge in [-0.15, -0.1) is 0 Å². The third-order valence-corrected chi connectivity index (χ3v) is 2.41. The summed E-state index contributed by atoms with van der Waals surface area (Å²) < 4.78 is 2.06. The third-order valence-electron chi connectivity index (χ3n) is 2.41. The number of fused-ring (bicyclic) bond motifs is 1. The fraction of sp³-hybridized carbons (Fsp3) is 0.250. The molecule has 1 heterocycles. The van der Waals surface area contributed by atoms with Crippen molar-refractivity contribution >= 4 is 17.2 Å². The first-order valence-electron chi connectivity index (χ1n) is 4.79. The Hall–Kier alpha value is -1.57. The van der Waals surface area contributed by atoms with E-state index in [1.165, 1.54) is 0 Å². The Labute approximate surface area is 83.2 Å². The maximum atomic E-state index is 10.9. The molecule has 0 radical (unpaired) electrons. The Morgan fingerprint density at radius 2 is 2.00 bits per heavy atom. The molecule has 0 spiro atoms. The fourth-order valence-corrected chi connectivity index (χ4v) is 1.86. The van der Waals surface area contributed by atoms with Crippen molar-refractivity contribution in [1.29, 1.82) is 0 Å². The minimum atomic E-state index is 0.315. The summed E-state index contributed by atoms with van der Waals surface area (Å²) in [6.45, 7) is 4.17. The van der Waals surface area contributed by atoms with Gasteiger partial charge >= 0.3 is 0 Å². The first-order chi connectivity index (χ1) is 6.74. The van der Waals surface area contributed by atoms with Gasteiger partial charge in [-0.2, -0.15) is 0 Å². The largest absolute Gasteiger partial charge is 0.336 e. The van der Waals surface area contributed by atoms with Gasteiger partial charge in [0.05, 0.1) is 5.69 Å². The van der Waals surface area contributed by atoms with Crippen molar-refractivity contribution in [1.82, 2.24) is 4.57 Å². The molecule has 2 heteroatoms. The molecule has 0 bridgehead atoms. The Morgan fingerprint density at radius 1 is 1.29 bits per heavy atom. The Morgan fingerprint density at radius 3 is 2.64 bits per heavy atom. The molecule has 0 saturated carbocycles. The summed E-state index contributed by atoms with van der Waals surface area (Å²) in [5, 5.41) is 1.13. The number of benzene rings is 1. The van der Waals surface area contributed by atoms with Crippen LogP contribution in [-0.2, 0) is 0 Å². The van der Waals surface area contributed by atoms with Gasteiger partial charge in [0, 0.05) is 16.9 Å². The lowest BCUT2D eigenvalue weighted by atomic mass is 10.2. The summed E-state index contributed by atoms with van der Waals surface area (Å²) in [6.07, 6.45) is 0.917. The van der Waals surface area contributed by atoms with Gasteiger partial charge in [0.15, 0.2) is 6.29 Å². The SMILES string of the molecule is CC(C)n1c(C=O)cc2ccccc21. The number of nitrogens with zero attached hydrogens (tertiary/aromatic N) is 1. The summed E-state index contributed by atoms with van der Waals surface area (Å²) in [4.78, 5) is 10.9. The van der Waals surface area contributed by atoms with Gasteiger partial charge in [-0.05, 0) is 26.0 Å². The van der Waals surface area contributed by atoms with Crippen LogP contribution in [0.25, 0.3) is 10.9 Å². The summed E-state index contributed by atoms with van der Waals surface area (Å²) in [7, 11) is 0. The highest BCUT2D eigenvalue weighted by molar-refractivity contribution is 5.89. The quantitative estimate of drug-likeness (QED) is 0.662. The number of para-hydroxylation sites is 1. The number of aromatic nitrogens is 1. The van der Waals surface area contributed by atoms with Crippen LogP contribution in [0.2, 0.25) is 0 Å². The van der Waals surface area contributed by atoms with Crippen molar-refractivity contribution in [3.05, 3.63) is 36.0 Å². The van der Waals surface area contributed by atoms with E-state index in [0.717, 1.165) is 22.9 Å². The molecule has 0 aliphatic carbocycles. The van der Waals surface area contributed by atoms with E-state index < -0.39 is 0 Å². The highest BCUT2D eigenvalue weighted by atomic mass is 16.1. The molecular weight excluding hydrogens is 174 g/mol. The maximum absolute atomic E-state index is 10.9. The Bertz CT molecular complexity index is 468. The zero-order chi connectivity index (χ0) is 10.1. The molecule has 0 amide bonds. The molecule has 2 aromatic rings. The number of carbonyl (C=O) groups excluding carboxylic acids is 1. The van der Waals surface area contributed by atoms with Crippen LogP contribution >= 0.6 is 0 Å². The van der Waals surface area contributed by atoms with Crippen molar-refractivity contribution in [3.63, 3.8) is 0 Å². The number of carbonyl (C=O) groups is 1. The molecule has 2 rings (SSSR count). The monoisotopic (exact) mass is 187 g/mol. The minimum absolute atomic E-state index is 0.315. The van der Waals surface area contributed by atoms with Crippen molar-refractivity contribution in [2.75, 3.05) is 0 Å². The van der Waals surface area contributed by atoms with Crippen LogP contribution < -0.4 is 0 Å². The van der Waals surface area contributed by atoms with Gasteiger partial charge in [-0.3, -0.25) is 4.79 Å². The second kappa shape index (κ2) is 3.29. The molecule has 0 saturated heterocycles. The summed E-state index contributed by atoms with van der Waals surface area (Å²) in [5.41, 5.74) is 1.88. The second-order valence-electron chi connectivity index (χ2n) is 3.71. The molecule has 1 aromatic carbocycles. The van der Waals surface area contributed by atoms with Crippen LogP contribution in [0.15, 0.2) is 30.3 Å². The number of hydrogen-bond acceptors (Lipinski definition) is 1. The molecule has 0 aliphatic rings. The molecule has 0 fully saturated rings. The predicted molar refractivity (Wildman–Crippen MR) is 57.7 cm³/mol. The minimum Gasteiger partial charge on any atom is -0.336 e. The Balaban J connectivity index is 2.80. The van der Waals surface area contributed by atoms with Crippen molar-refractivity contribution < 1.29 is 4.79 Å². The highest BCUT2D eigenvalue weighted by Crippen LogP contribution is 2.22. The van der Waals surface area contributed by atoms with E-state index in [-0.39, 0.29) is 0 Å². The lowest BCUT2D eigenvalue weighted by Crippen LogP contribution is -2.04. The van der Waals surface area contributed by atoms with Crippen LogP contribution in [0.5, 0.6) is 0 Å². The lowest BCUT2D eigenvalue weighted by Gasteiger charge is -2.11. The number of rotatable bonds is 2. The standard InChI is InChI=1S/C12H13NO/c1-9(2)13-11(8-14)7-10-5-3-4-6-12(10)13/h3-9H,1-2H3. The zero-order valence-electron chi connectivity index (χ0n) is 8.40. The van der Waals surface area contributed by atoms with E-state index in [1.54, 1.807) is 0 Å². The van der Waals surface area contributed by atoms with E-state index in [1.807, 2.05) is 30.3 Å². The van der Waals surface area contributed by atoms with Gasteiger partial charge in [-0.1, -0.05) is 18.2 Å². The number of aldehydes is 1. The van der Waals surface area contributed by atoms with E-state index in [2.05, 4.69) is 18.4 Å². The lowest BCUT2D eigenvalue weighted by molar-refractivity contribution is 0.111. The predicted octanol–water partition coefficient (Wildman–Crippen LogP) is 3.03. The van der Waals surface area contributed by atoms with Gasteiger partial charge in [0.25, 0.3) is 0 Å². The normalized spacial score (nSPS) is 11.1. The van der Waals surface area contributed by atoms with E-state index >= 15 is 0 Å². The average molecular weight is 187 g/mol. The van der Waals surface area contributed by atoms with E-state index in [0.29, 0.717) is 6.04 Å². The van der Waals surface area contributed by atoms with E-state index in [4.69, 9.17) is 0 Å². The molecule has 0 atom stereocenters. The molecule has 2 nitrogen and oxygen atoms in total. The smallest absolute Gasteiger partial charge is 0.166 e. The molecular formula is C12H13NO. The molecule has 14 heavy (non-hydrogen) atoms. The average Bonchev–Trinajstić information content (AvgIpc) is 2.55.